The lowest BCUT2D eigenvalue weighted by Gasteiger charge is -2.13. The number of hydrogen-bond acceptors (Lipinski definition) is 5. The number of benzene rings is 1. The van der Waals surface area contributed by atoms with E-state index in [0.29, 0.717) is 23.5 Å². The van der Waals surface area contributed by atoms with Gasteiger partial charge in [0.05, 0.1) is 18.8 Å². The molecular weight excluding hydrogens is 266 g/mol. The number of nitrogens with zero attached hydrogens (tertiary/aromatic N) is 4. The third-order valence-corrected chi connectivity index (χ3v) is 4.29. The van der Waals surface area contributed by atoms with Gasteiger partial charge in [-0.3, -0.25) is 0 Å². The summed E-state index contributed by atoms with van der Waals surface area (Å²) in [5, 5.41) is 12.1. The minimum absolute atomic E-state index is 0.390. The van der Waals surface area contributed by atoms with Gasteiger partial charge in [0.1, 0.15) is 5.75 Å². The van der Waals surface area contributed by atoms with Crippen LogP contribution in [0.3, 0.4) is 0 Å². The van der Waals surface area contributed by atoms with E-state index in [2.05, 4.69) is 22.4 Å². The maximum absolute atomic E-state index is 6.03. The Morgan fingerprint density at radius 3 is 2.76 bits per heavy atom. The number of rotatable bonds is 6. The van der Waals surface area contributed by atoms with Crippen molar-refractivity contribution in [1.29, 1.82) is 0 Å². The molecule has 0 amide bonds. The Hall–Kier alpha value is -2.11. The standard InChI is InChI=1S/C15H21N5O/c1-3-15(7-8-15)10-20-14(17-18-19-20)11-5-6-13(21-4-2)12(16)9-11/h5-6,9H,3-4,7-8,10,16H2,1-2H3. The smallest absolute Gasteiger partial charge is 0.182 e. The summed E-state index contributed by atoms with van der Waals surface area (Å²) in [6, 6.07) is 5.70. The zero-order valence-corrected chi connectivity index (χ0v) is 12.5. The van der Waals surface area contributed by atoms with Gasteiger partial charge < -0.3 is 10.5 Å². The van der Waals surface area contributed by atoms with Gasteiger partial charge in [-0.2, -0.15) is 0 Å². The summed E-state index contributed by atoms with van der Waals surface area (Å²) in [5.41, 5.74) is 7.95. The van der Waals surface area contributed by atoms with Crippen LogP contribution in [0.15, 0.2) is 18.2 Å². The Bertz CT molecular complexity index is 633. The topological polar surface area (TPSA) is 78.9 Å². The van der Waals surface area contributed by atoms with Crippen LogP contribution in [0.5, 0.6) is 5.75 Å². The quantitative estimate of drug-likeness (QED) is 0.826. The van der Waals surface area contributed by atoms with Crippen LogP contribution in [0.4, 0.5) is 5.69 Å². The van der Waals surface area contributed by atoms with E-state index in [1.54, 1.807) is 0 Å². The highest BCUT2D eigenvalue weighted by Crippen LogP contribution is 2.50. The largest absolute Gasteiger partial charge is 0.492 e. The van der Waals surface area contributed by atoms with Crippen molar-refractivity contribution < 1.29 is 4.74 Å². The first-order valence-corrected chi connectivity index (χ1v) is 7.46. The SMILES string of the molecule is CCOc1ccc(-c2nnnn2CC2(CC)CC2)cc1N. The number of aromatic nitrogens is 4. The summed E-state index contributed by atoms with van der Waals surface area (Å²) in [7, 11) is 0. The van der Waals surface area contributed by atoms with Gasteiger partial charge in [0, 0.05) is 5.56 Å². The maximum Gasteiger partial charge on any atom is 0.182 e. The summed E-state index contributed by atoms with van der Waals surface area (Å²) in [6.07, 6.45) is 3.68. The maximum atomic E-state index is 6.03. The lowest BCUT2D eigenvalue weighted by atomic mass is 10.0. The normalized spacial score (nSPS) is 15.9. The first-order chi connectivity index (χ1) is 10.2. The van der Waals surface area contributed by atoms with E-state index in [4.69, 9.17) is 10.5 Å². The molecule has 1 aromatic carbocycles. The molecule has 0 spiro atoms. The van der Waals surface area contributed by atoms with Crippen molar-refractivity contribution in [3.05, 3.63) is 18.2 Å². The predicted molar refractivity (Wildman–Crippen MR) is 80.8 cm³/mol. The molecule has 0 aliphatic heterocycles. The molecule has 0 bridgehead atoms. The average molecular weight is 287 g/mol. The molecule has 1 heterocycles. The number of ether oxygens (including phenoxy) is 1. The van der Waals surface area contributed by atoms with E-state index in [-0.39, 0.29) is 0 Å². The molecule has 2 N–H and O–H groups in total. The predicted octanol–water partition coefficient (Wildman–Crippen LogP) is 2.51. The molecule has 0 unspecified atom stereocenters. The van der Waals surface area contributed by atoms with Crippen LogP contribution in [0.25, 0.3) is 11.4 Å². The molecule has 1 saturated carbocycles. The Balaban J connectivity index is 1.87. The van der Waals surface area contributed by atoms with E-state index >= 15 is 0 Å². The van der Waals surface area contributed by atoms with Crippen LogP contribution in [0, 0.1) is 5.41 Å². The van der Waals surface area contributed by atoms with E-state index < -0.39 is 0 Å². The molecule has 6 nitrogen and oxygen atoms in total. The number of tetrazole rings is 1. The second-order valence-electron chi connectivity index (χ2n) is 5.70. The van der Waals surface area contributed by atoms with Gasteiger partial charge in [0.25, 0.3) is 0 Å². The first kappa shape index (κ1) is 13.9. The van der Waals surface area contributed by atoms with Crippen LogP contribution < -0.4 is 10.5 Å². The summed E-state index contributed by atoms with van der Waals surface area (Å²) >= 11 is 0. The number of hydrogen-bond donors (Lipinski definition) is 1. The van der Waals surface area contributed by atoms with E-state index in [1.807, 2.05) is 29.8 Å². The molecule has 1 aliphatic carbocycles. The van der Waals surface area contributed by atoms with Gasteiger partial charge in [0.15, 0.2) is 5.82 Å². The third kappa shape index (κ3) is 2.70. The Morgan fingerprint density at radius 1 is 1.33 bits per heavy atom. The highest BCUT2D eigenvalue weighted by molar-refractivity contribution is 5.66. The van der Waals surface area contributed by atoms with Crippen molar-refractivity contribution in [3.8, 4) is 17.1 Å². The molecule has 0 atom stereocenters. The number of nitrogen functional groups attached to an aromatic ring is 1. The Labute approximate surface area is 124 Å². The van der Waals surface area contributed by atoms with Crippen molar-refractivity contribution in [1.82, 2.24) is 20.2 Å². The number of anilines is 1. The summed E-state index contributed by atoms with van der Waals surface area (Å²) < 4.78 is 7.36. The molecule has 0 radical (unpaired) electrons. The fraction of sp³-hybridized carbons (Fsp3) is 0.533. The lowest BCUT2D eigenvalue weighted by molar-refractivity contribution is 0.342. The highest BCUT2D eigenvalue weighted by atomic mass is 16.5. The second kappa shape index (κ2) is 5.35. The minimum Gasteiger partial charge on any atom is -0.492 e. The van der Waals surface area contributed by atoms with Crippen LogP contribution in [-0.2, 0) is 6.54 Å². The molecule has 2 aromatic rings. The Morgan fingerprint density at radius 2 is 2.14 bits per heavy atom. The average Bonchev–Trinajstić information content (AvgIpc) is 3.11. The van der Waals surface area contributed by atoms with Crippen molar-refractivity contribution in [3.63, 3.8) is 0 Å². The van der Waals surface area contributed by atoms with E-state index in [0.717, 1.165) is 24.4 Å². The lowest BCUT2D eigenvalue weighted by Crippen LogP contribution is -2.13. The van der Waals surface area contributed by atoms with Crippen LogP contribution in [0.2, 0.25) is 0 Å². The molecule has 112 valence electrons. The van der Waals surface area contributed by atoms with E-state index in [1.165, 1.54) is 12.8 Å². The van der Waals surface area contributed by atoms with Crippen molar-refractivity contribution in [2.75, 3.05) is 12.3 Å². The highest BCUT2D eigenvalue weighted by Gasteiger charge is 2.41. The molecule has 1 aliphatic rings. The van der Waals surface area contributed by atoms with Crippen LogP contribution in [-0.4, -0.2) is 26.8 Å². The molecule has 1 fully saturated rings. The third-order valence-electron chi connectivity index (χ3n) is 4.29. The summed E-state index contributed by atoms with van der Waals surface area (Å²) in [5.74, 6) is 1.47. The monoisotopic (exact) mass is 287 g/mol. The van der Waals surface area contributed by atoms with Gasteiger partial charge in [-0.05, 0) is 60.2 Å². The van der Waals surface area contributed by atoms with Crippen molar-refractivity contribution in [2.24, 2.45) is 5.41 Å². The second-order valence-corrected chi connectivity index (χ2v) is 5.70. The molecule has 6 heteroatoms. The van der Waals surface area contributed by atoms with Gasteiger partial charge >= 0.3 is 0 Å². The van der Waals surface area contributed by atoms with Gasteiger partial charge in [-0.1, -0.05) is 6.92 Å². The number of nitrogens with two attached hydrogens (primary N) is 1. The molecule has 3 rings (SSSR count). The fourth-order valence-corrected chi connectivity index (χ4v) is 2.61. The molecule has 0 saturated heterocycles. The first-order valence-electron chi connectivity index (χ1n) is 7.46. The van der Waals surface area contributed by atoms with Crippen molar-refractivity contribution in [2.45, 2.75) is 39.7 Å². The van der Waals surface area contributed by atoms with Gasteiger partial charge in [-0.25, -0.2) is 4.68 Å². The van der Waals surface area contributed by atoms with Crippen LogP contribution in [0.1, 0.15) is 33.1 Å². The summed E-state index contributed by atoms with van der Waals surface area (Å²) in [4.78, 5) is 0. The van der Waals surface area contributed by atoms with Crippen LogP contribution >= 0.6 is 0 Å². The molecular formula is C15H21N5O. The zero-order valence-electron chi connectivity index (χ0n) is 12.5. The fourth-order valence-electron chi connectivity index (χ4n) is 2.61. The minimum atomic E-state index is 0.390. The van der Waals surface area contributed by atoms with Gasteiger partial charge in [0.2, 0.25) is 0 Å². The molecule has 1 aromatic heterocycles. The summed E-state index contributed by atoms with van der Waals surface area (Å²) in [6.45, 7) is 5.64. The van der Waals surface area contributed by atoms with E-state index in [9.17, 15) is 0 Å². The zero-order chi connectivity index (χ0) is 14.9. The van der Waals surface area contributed by atoms with Gasteiger partial charge in [-0.15, -0.1) is 5.10 Å². The van der Waals surface area contributed by atoms with Crippen molar-refractivity contribution >= 4 is 5.69 Å². The molecule has 21 heavy (non-hydrogen) atoms. The Kier molecular flexibility index (Phi) is 3.53.